The lowest BCUT2D eigenvalue weighted by Gasteiger charge is -2.37. The Labute approximate surface area is 196 Å². The molecule has 0 spiro atoms. The third-order valence-corrected chi connectivity index (χ3v) is 6.64. The van der Waals surface area contributed by atoms with E-state index in [2.05, 4.69) is 10.2 Å². The zero-order chi connectivity index (χ0) is 23.1. The number of piperazine rings is 1. The van der Waals surface area contributed by atoms with E-state index in [4.69, 9.17) is 11.6 Å². The summed E-state index contributed by atoms with van der Waals surface area (Å²) < 4.78 is 0. The van der Waals surface area contributed by atoms with Crippen LogP contribution < -0.4 is 10.2 Å². The van der Waals surface area contributed by atoms with E-state index in [9.17, 15) is 19.8 Å². The standard InChI is InChI=1S/C23H28ClN3O4S/c1-2-5-16-14-17(32-15-16)8-9-25-22(30)20(28)21(29)23(31)27-12-10-26(11-13-27)19-7-4-3-6-18(19)24/h2-7,14-15,20-21,28-29H,8-13H2,1H3,(H,25,30)/b5-2+/t20?,21-/m1/s1. The normalized spacial score (nSPS) is 16.2. The van der Waals surface area contributed by atoms with Crippen molar-refractivity contribution in [3.05, 3.63) is 57.3 Å². The number of para-hydroxylation sites is 1. The molecule has 7 nitrogen and oxygen atoms in total. The summed E-state index contributed by atoms with van der Waals surface area (Å²) in [5.41, 5.74) is 2.00. The third kappa shape index (κ3) is 6.10. The maximum absolute atomic E-state index is 12.6. The van der Waals surface area contributed by atoms with E-state index in [0.717, 1.165) is 16.1 Å². The number of hydrogen-bond acceptors (Lipinski definition) is 6. The van der Waals surface area contributed by atoms with Crippen LogP contribution in [-0.4, -0.2) is 71.9 Å². The predicted molar refractivity (Wildman–Crippen MR) is 128 cm³/mol. The van der Waals surface area contributed by atoms with Crippen molar-refractivity contribution in [2.75, 3.05) is 37.6 Å². The third-order valence-electron chi connectivity index (χ3n) is 5.31. The highest BCUT2D eigenvalue weighted by molar-refractivity contribution is 7.10. The lowest BCUT2D eigenvalue weighted by atomic mass is 10.1. The Morgan fingerprint density at radius 3 is 2.59 bits per heavy atom. The molecular formula is C23H28ClN3O4S. The van der Waals surface area contributed by atoms with Gasteiger partial charge in [0.2, 0.25) is 0 Å². The Bertz CT molecular complexity index is 956. The van der Waals surface area contributed by atoms with E-state index in [1.807, 2.05) is 54.8 Å². The number of carbonyl (C=O) groups excluding carboxylic acids is 2. The zero-order valence-corrected chi connectivity index (χ0v) is 19.5. The van der Waals surface area contributed by atoms with Gasteiger partial charge in [0.25, 0.3) is 11.8 Å². The molecule has 2 heterocycles. The van der Waals surface area contributed by atoms with E-state index in [0.29, 0.717) is 44.2 Å². The first-order chi connectivity index (χ1) is 15.4. The van der Waals surface area contributed by atoms with Gasteiger partial charge in [0.15, 0.2) is 12.2 Å². The highest BCUT2D eigenvalue weighted by atomic mass is 35.5. The number of aliphatic hydroxyl groups excluding tert-OH is 2. The van der Waals surface area contributed by atoms with Crippen LogP contribution in [0.2, 0.25) is 5.02 Å². The van der Waals surface area contributed by atoms with Crippen LogP contribution in [0.4, 0.5) is 5.69 Å². The first-order valence-corrected chi connectivity index (χ1v) is 11.8. The second kappa shape index (κ2) is 11.5. The smallest absolute Gasteiger partial charge is 0.254 e. The highest BCUT2D eigenvalue weighted by Crippen LogP contribution is 2.26. The zero-order valence-electron chi connectivity index (χ0n) is 17.9. The molecule has 1 aliphatic rings. The molecule has 3 rings (SSSR count). The van der Waals surface area contributed by atoms with E-state index < -0.39 is 24.0 Å². The molecule has 0 bridgehead atoms. The number of benzene rings is 1. The summed E-state index contributed by atoms with van der Waals surface area (Å²) >= 11 is 7.83. The number of halogens is 1. The second-order valence-electron chi connectivity index (χ2n) is 7.54. The van der Waals surface area contributed by atoms with Crippen LogP contribution >= 0.6 is 22.9 Å². The van der Waals surface area contributed by atoms with E-state index >= 15 is 0 Å². The van der Waals surface area contributed by atoms with Gasteiger partial charge in [-0.25, -0.2) is 0 Å². The van der Waals surface area contributed by atoms with Crippen molar-refractivity contribution in [2.45, 2.75) is 25.6 Å². The molecule has 1 aromatic heterocycles. The molecule has 2 aromatic rings. The molecule has 0 radical (unpaired) electrons. The van der Waals surface area contributed by atoms with Crippen molar-refractivity contribution >= 4 is 46.5 Å². The molecule has 0 saturated carbocycles. The molecule has 32 heavy (non-hydrogen) atoms. The Hall–Kier alpha value is -2.39. The highest BCUT2D eigenvalue weighted by Gasteiger charge is 2.34. The maximum atomic E-state index is 12.6. The lowest BCUT2D eigenvalue weighted by Crippen LogP contribution is -2.55. The van der Waals surface area contributed by atoms with Crippen molar-refractivity contribution in [1.82, 2.24) is 10.2 Å². The summed E-state index contributed by atoms with van der Waals surface area (Å²) in [5.74, 6) is -1.41. The van der Waals surface area contributed by atoms with Gasteiger partial charge in [-0.1, -0.05) is 35.9 Å². The van der Waals surface area contributed by atoms with Crippen LogP contribution in [0.5, 0.6) is 0 Å². The topological polar surface area (TPSA) is 93.1 Å². The van der Waals surface area contributed by atoms with Gasteiger partial charge in [0, 0.05) is 37.6 Å². The van der Waals surface area contributed by atoms with Crippen molar-refractivity contribution in [3.8, 4) is 0 Å². The minimum absolute atomic E-state index is 0.309. The fourth-order valence-corrected chi connectivity index (χ4v) is 4.68. The average Bonchev–Trinajstić information content (AvgIpc) is 3.25. The summed E-state index contributed by atoms with van der Waals surface area (Å²) in [4.78, 5) is 29.4. The Kier molecular flexibility index (Phi) is 8.69. The van der Waals surface area contributed by atoms with Crippen LogP contribution in [-0.2, 0) is 16.0 Å². The molecule has 3 N–H and O–H groups in total. The van der Waals surface area contributed by atoms with Gasteiger partial charge >= 0.3 is 0 Å². The second-order valence-corrected chi connectivity index (χ2v) is 8.94. The van der Waals surface area contributed by atoms with E-state index in [1.165, 1.54) is 4.90 Å². The molecule has 2 amide bonds. The fourth-order valence-electron chi connectivity index (χ4n) is 3.56. The summed E-state index contributed by atoms with van der Waals surface area (Å²) in [7, 11) is 0. The monoisotopic (exact) mass is 477 g/mol. The molecular weight excluding hydrogens is 450 g/mol. The van der Waals surface area contributed by atoms with Crippen molar-refractivity contribution in [1.29, 1.82) is 0 Å². The number of carbonyl (C=O) groups is 2. The van der Waals surface area contributed by atoms with Gasteiger partial charge in [0.1, 0.15) is 0 Å². The molecule has 1 aromatic carbocycles. The lowest BCUT2D eigenvalue weighted by molar-refractivity contribution is -0.153. The molecule has 1 saturated heterocycles. The minimum atomic E-state index is -1.81. The maximum Gasteiger partial charge on any atom is 0.254 e. The van der Waals surface area contributed by atoms with Crippen molar-refractivity contribution < 1.29 is 19.8 Å². The Balaban J connectivity index is 1.45. The number of anilines is 1. The molecule has 9 heteroatoms. The number of aliphatic hydroxyl groups is 2. The molecule has 1 aliphatic heterocycles. The summed E-state index contributed by atoms with van der Waals surface area (Å²) in [6, 6.07) is 9.52. The fraction of sp³-hybridized carbons (Fsp3) is 0.391. The molecule has 1 unspecified atom stereocenters. The largest absolute Gasteiger partial charge is 0.380 e. The predicted octanol–water partition coefficient (Wildman–Crippen LogP) is 2.16. The summed E-state index contributed by atoms with van der Waals surface area (Å²) in [5, 5.41) is 25.7. The van der Waals surface area contributed by atoms with Crippen LogP contribution in [0, 0.1) is 0 Å². The Morgan fingerprint density at radius 2 is 1.91 bits per heavy atom. The number of thiophene rings is 1. The van der Waals surface area contributed by atoms with Gasteiger partial charge in [0.05, 0.1) is 10.7 Å². The molecule has 172 valence electrons. The number of hydrogen-bond donors (Lipinski definition) is 3. The quantitative estimate of drug-likeness (QED) is 0.542. The van der Waals surface area contributed by atoms with Crippen LogP contribution in [0.3, 0.4) is 0 Å². The van der Waals surface area contributed by atoms with Gasteiger partial charge in [-0.05, 0) is 42.5 Å². The number of nitrogens with one attached hydrogen (secondary N) is 1. The SMILES string of the molecule is C/C=C/c1csc(CCNC(=O)C(O)[C@@H](O)C(=O)N2CCN(c3ccccc3Cl)CC2)c1. The van der Waals surface area contributed by atoms with Crippen LogP contribution in [0.15, 0.2) is 41.8 Å². The summed E-state index contributed by atoms with van der Waals surface area (Å²) in [6.07, 6.45) is 0.947. The molecule has 1 fully saturated rings. The number of nitrogens with zero attached hydrogens (tertiary/aromatic N) is 2. The number of allylic oxidation sites excluding steroid dienone is 1. The van der Waals surface area contributed by atoms with Crippen LogP contribution in [0.1, 0.15) is 17.4 Å². The molecule has 0 aliphatic carbocycles. The van der Waals surface area contributed by atoms with E-state index in [-0.39, 0.29) is 0 Å². The first-order valence-electron chi connectivity index (χ1n) is 10.5. The van der Waals surface area contributed by atoms with Crippen LogP contribution in [0.25, 0.3) is 6.08 Å². The van der Waals surface area contributed by atoms with Gasteiger partial charge in [-0.2, -0.15) is 0 Å². The number of amides is 2. The number of rotatable bonds is 8. The van der Waals surface area contributed by atoms with E-state index in [1.54, 1.807) is 11.3 Å². The minimum Gasteiger partial charge on any atom is -0.380 e. The Morgan fingerprint density at radius 1 is 1.19 bits per heavy atom. The van der Waals surface area contributed by atoms with Gasteiger partial charge in [-0.3, -0.25) is 9.59 Å². The molecule has 2 atom stereocenters. The van der Waals surface area contributed by atoms with Crippen molar-refractivity contribution in [2.24, 2.45) is 0 Å². The summed E-state index contributed by atoms with van der Waals surface area (Å²) in [6.45, 7) is 4.07. The first kappa shape index (κ1) is 24.3. The van der Waals surface area contributed by atoms with Gasteiger partial charge < -0.3 is 25.3 Å². The average molecular weight is 478 g/mol. The van der Waals surface area contributed by atoms with Gasteiger partial charge in [-0.15, -0.1) is 11.3 Å². The van der Waals surface area contributed by atoms with Crippen molar-refractivity contribution in [3.63, 3.8) is 0 Å².